The van der Waals surface area contributed by atoms with E-state index in [0.717, 1.165) is 65.1 Å². The molecule has 1 atom stereocenters. The first-order valence-electron chi connectivity index (χ1n) is 12.7. The molecule has 0 bridgehead atoms. The molecule has 1 amide bonds. The van der Waals surface area contributed by atoms with Crippen molar-refractivity contribution in [3.8, 4) is 0 Å². The van der Waals surface area contributed by atoms with Gasteiger partial charge >= 0.3 is 0 Å². The fourth-order valence-corrected chi connectivity index (χ4v) is 5.42. The summed E-state index contributed by atoms with van der Waals surface area (Å²) in [7, 11) is 1.79. The second-order valence-corrected chi connectivity index (χ2v) is 9.94. The van der Waals surface area contributed by atoms with E-state index in [4.69, 9.17) is 4.98 Å². The van der Waals surface area contributed by atoms with E-state index in [-0.39, 0.29) is 5.91 Å². The Hall–Kier alpha value is -3.52. The average molecular weight is 487 g/mol. The molecule has 0 spiro atoms. The highest BCUT2D eigenvalue weighted by Gasteiger charge is 2.38. The van der Waals surface area contributed by atoms with Gasteiger partial charge in [-0.3, -0.25) is 14.8 Å². The lowest BCUT2D eigenvalue weighted by Gasteiger charge is -2.29. The Morgan fingerprint density at radius 2 is 2.03 bits per heavy atom. The smallest absolute Gasteiger partial charge is 0.222 e. The molecule has 188 valence electrons. The Morgan fingerprint density at radius 1 is 1.19 bits per heavy atom. The van der Waals surface area contributed by atoms with E-state index in [0.29, 0.717) is 25.9 Å². The molecule has 4 heterocycles. The standard InChI is InChI=1S/C28H34N6O2/c1-4-34-24-9-6-5-8-23(24)31-26(34)10-7-11-27(35)32(3)18-28(36)13-15-33(19-28)25-16-20(2)30-22-12-14-29-17-21(22)25/h5-6,8-9,12,14,16-17,36H,4,7,10-11,13,15,18-19H2,1-3H3/t28-/m0/s1. The number of β-amino-alcohol motifs (C(OH)–C–C–N with tert-alkyl or cyclic N) is 1. The van der Waals surface area contributed by atoms with Gasteiger partial charge in [0.2, 0.25) is 5.91 Å². The Bertz CT molecular complexity index is 1400. The van der Waals surface area contributed by atoms with Gasteiger partial charge in [0, 0.05) is 68.7 Å². The third kappa shape index (κ3) is 4.78. The fourth-order valence-electron chi connectivity index (χ4n) is 5.42. The number of hydrogen-bond donors (Lipinski definition) is 1. The van der Waals surface area contributed by atoms with Crippen LogP contribution in [-0.2, 0) is 17.8 Å². The molecule has 36 heavy (non-hydrogen) atoms. The Morgan fingerprint density at radius 3 is 2.86 bits per heavy atom. The van der Waals surface area contributed by atoms with Crippen LogP contribution in [0.2, 0.25) is 0 Å². The number of aliphatic hydroxyl groups is 1. The van der Waals surface area contributed by atoms with Crippen LogP contribution in [0.15, 0.2) is 48.8 Å². The van der Waals surface area contributed by atoms with Gasteiger partial charge in [0.05, 0.1) is 23.1 Å². The minimum absolute atomic E-state index is 0.0513. The minimum atomic E-state index is -0.952. The van der Waals surface area contributed by atoms with Crippen LogP contribution < -0.4 is 4.90 Å². The normalized spacial score (nSPS) is 17.8. The maximum absolute atomic E-state index is 12.9. The summed E-state index contributed by atoms with van der Waals surface area (Å²) in [5, 5.41) is 12.3. The number of aromatic nitrogens is 4. The lowest BCUT2D eigenvalue weighted by atomic mass is 10.0. The number of fused-ring (bicyclic) bond motifs is 2. The maximum atomic E-state index is 12.9. The summed E-state index contributed by atoms with van der Waals surface area (Å²) in [5.74, 6) is 1.07. The molecule has 1 aromatic carbocycles. The van der Waals surface area contributed by atoms with Gasteiger partial charge < -0.3 is 19.5 Å². The van der Waals surface area contributed by atoms with Crippen molar-refractivity contribution < 1.29 is 9.90 Å². The van der Waals surface area contributed by atoms with E-state index in [1.165, 1.54) is 0 Å². The summed E-state index contributed by atoms with van der Waals surface area (Å²) in [5.41, 5.74) is 4.06. The third-order valence-corrected chi connectivity index (χ3v) is 7.19. The third-order valence-electron chi connectivity index (χ3n) is 7.19. The summed E-state index contributed by atoms with van der Waals surface area (Å²) < 4.78 is 2.22. The number of anilines is 1. The molecule has 1 aliphatic rings. The molecule has 8 heteroatoms. The highest BCUT2D eigenvalue weighted by molar-refractivity contribution is 5.91. The number of benzene rings is 1. The predicted molar refractivity (Wildman–Crippen MR) is 142 cm³/mol. The minimum Gasteiger partial charge on any atom is -0.386 e. The first-order valence-corrected chi connectivity index (χ1v) is 12.7. The van der Waals surface area contributed by atoms with Crippen LogP contribution in [0.3, 0.4) is 0 Å². The molecule has 1 aliphatic heterocycles. The zero-order valence-corrected chi connectivity index (χ0v) is 21.3. The SMILES string of the molecule is CCn1c(CCCC(=O)N(C)C[C@@]2(O)CCN(c3cc(C)nc4ccncc34)C2)nc2ccccc21. The molecule has 3 aromatic heterocycles. The molecule has 1 fully saturated rings. The Kier molecular flexibility index (Phi) is 6.62. The zero-order chi connectivity index (χ0) is 25.3. The fraction of sp³-hybridized carbons (Fsp3) is 0.429. The van der Waals surface area contributed by atoms with Crippen molar-refractivity contribution in [3.05, 3.63) is 60.3 Å². The molecule has 0 saturated carbocycles. The number of para-hydroxylation sites is 2. The molecule has 0 aliphatic carbocycles. The van der Waals surface area contributed by atoms with Crippen molar-refractivity contribution in [2.24, 2.45) is 0 Å². The number of hydrogen-bond acceptors (Lipinski definition) is 6. The monoisotopic (exact) mass is 486 g/mol. The lowest BCUT2D eigenvalue weighted by molar-refractivity contribution is -0.132. The highest BCUT2D eigenvalue weighted by Crippen LogP contribution is 2.32. The number of likely N-dealkylation sites (N-methyl/N-ethyl adjacent to an activating group) is 1. The van der Waals surface area contributed by atoms with E-state index in [2.05, 4.69) is 32.4 Å². The van der Waals surface area contributed by atoms with Crippen LogP contribution >= 0.6 is 0 Å². The van der Waals surface area contributed by atoms with Crippen LogP contribution in [0, 0.1) is 6.92 Å². The summed E-state index contributed by atoms with van der Waals surface area (Å²) in [6, 6.07) is 12.1. The van der Waals surface area contributed by atoms with Crippen LogP contribution in [0.1, 0.15) is 37.7 Å². The summed E-state index contributed by atoms with van der Waals surface area (Å²) in [6.45, 7) is 6.46. The number of imidazole rings is 1. The van der Waals surface area contributed by atoms with Crippen molar-refractivity contribution in [2.75, 3.05) is 31.6 Å². The second kappa shape index (κ2) is 9.85. The Balaban J connectivity index is 1.19. The molecule has 0 radical (unpaired) electrons. The van der Waals surface area contributed by atoms with Crippen molar-refractivity contribution in [1.82, 2.24) is 24.4 Å². The largest absolute Gasteiger partial charge is 0.386 e. The number of pyridine rings is 2. The van der Waals surface area contributed by atoms with Crippen molar-refractivity contribution in [1.29, 1.82) is 0 Å². The summed E-state index contributed by atoms with van der Waals surface area (Å²) >= 11 is 0. The first kappa shape index (κ1) is 24.2. The number of carbonyl (C=O) groups excluding carboxylic acids is 1. The van der Waals surface area contributed by atoms with Gasteiger partial charge in [-0.05, 0) is 51.0 Å². The van der Waals surface area contributed by atoms with Crippen molar-refractivity contribution >= 4 is 33.5 Å². The molecule has 8 nitrogen and oxygen atoms in total. The van der Waals surface area contributed by atoms with Crippen LogP contribution in [0.5, 0.6) is 0 Å². The molecular formula is C28H34N6O2. The number of aryl methyl sites for hydroxylation is 3. The van der Waals surface area contributed by atoms with Crippen LogP contribution in [0.25, 0.3) is 21.9 Å². The van der Waals surface area contributed by atoms with Gasteiger partial charge in [0.1, 0.15) is 11.4 Å². The summed E-state index contributed by atoms with van der Waals surface area (Å²) in [6.07, 6.45) is 6.10. The van der Waals surface area contributed by atoms with Crippen LogP contribution in [-0.4, -0.2) is 67.7 Å². The topological polar surface area (TPSA) is 87.4 Å². The van der Waals surface area contributed by atoms with Gasteiger partial charge in [0.15, 0.2) is 0 Å². The van der Waals surface area contributed by atoms with E-state index >= 15 is 0 Å². The van der Waals surface area contributed by atoms with E-state index < -0.39 is 5.60 Å². The van der Waals surface area contributed by atoms with Gasteiger partial charge in [-0.25, -0.2) is 4.98 Å². The van der Waals surface area contributed by atoms with E-state index in [9.17, 15) is 9.90 Å². The highest BCUT2D eigenvalue weighted by atomic mass is 16.3. The second-order valence-electron chi connectivity index (χ2n) is 9.94. The number of rotatable bonds is 8. The zero-order valence-electron chi connectivity index (χ0n) is 21.3. The molecule has 5 rings (SSSR count). The first-order chi connectivity index (χ1) is 17.4. The van der Waals surface area contributed by atoms with Gasteiger partial charge in [-0.1, -0.05) is 12.1 Å². The average Bonchev–Trinajstić information content (AvgIpc) is 3.43. The Labute approximate surface area is 211 Å². The van der Waals surface area contributed by atoms with Crippen molar-refractivity contribution in [2.45, 2.75) is 51.7 Å². The number of amides is 1. The predicted octanol–water partition coefficient (Wildman–Crippen LogP) is 3.73. The summed E-state index contributed by atoms with van der Waals surface area (Å²) in [4.78, 5) is 30.4. The maximum Gasteiger partial charge on any atom is 0.222 e. The van der Waals surface area contributed by atoms with Crippen molar-refractivity contribution in [3.63, 3.8) is 0 Å². The van der Waals surface area contributed by atoms with E-state index in [1.54, 1.807) is 18.1 Å². The lowest BCUT2D eigenvalue weighted by Crippen LogP contribution is -2.45. The molecular weight excluding hydrogens is 452 g/mol. The van der Waals surface area contributed by atoms with E-state index in [1.807, 2.05) is 43.5 Å². The number of nitrogens with zero attached hydrogens (tertiary/aromatic N) is 6. The van der Waals surface area contributed by atoms with Crippen LogP contribution in [0.4, 0.5) is 5.69 Å². The van der Waals surface area contributed by atoms with Gasteiger partial charge in [-0.15, -0.1) is 0 Å². The number of carbonyl (C=O) groups is 1. The molecule has 1 saturated heterocycles. The van der Waals surface area contributed by atoms with Gasteiger partial charge in [0.25, 0.3) is 0 Å². The van der Waals surface area contributed by atoms with Gasteiger partial charge in [-0.2, -0.15) is 0 Å². The molecule has 1 N–H and O–H groups in total. The quantitative estimate of drug-likeness (QED) is 0.408. The molecule has 4 aromatic rings. The molecule has 0 unspecified atom stereocenters.